The number of nitrogen functional groups attached to an aromatic ring is 1. The van der Waals surface area contributed by atoms with Crippen molar-refractivity contribution in [3.63, 3.8) is 0 Å². The molecule has 0 fully saturated rings. The molecule has 0 bridgehead atoms. The van der Waals surface area contributed by atoms with Crippen molar-refractivity contribution in [1.29, 1.82) is 0 Å². The van der Waals surface area contributed by atoms with Crippen LogP contribution in [0.2, 0.25) is 0 Å². The Morgan fingerprint density at radius 1 is 0.701 bits per heavy atom. The molecule has 0 spiro atoms. The summed E-state index contributed by atoms with van der Waals surface area (Å²) in [6.07, 6.45) is 30.3. The lowest BCUT2D eigenvalue weighted by Gasteiger charge is -2.07. The number of nitrogens with one attached hydrogen (secondary N) is 1. The Hall–Kier alpha value is -8.55. The quantitative estimate of drug-likeness (QED) is 0.0917. The van der Waals surface area contributed by atoms with Gasteiger partial charge < -0.3 is 14.5 Å². The van der Waals surface area contributed by atoms with Crippen molar-refractivity contribution in [3.8, 4) is 46.9 Å². The van der Waals surface area contributed by atoms with Gasteiger partial charge in [0, 0.05) is 60.1 Å². The van der Waals surface area contributed by atoms with Crippen LogP contribution in [0.15, 0.2) is 115 Å². The molecule has 0 saturated carbocycles. The number of nitrogens with zero attached hydrogens (tertiary/aromatic N) is 13. The van der Waals surface area contributed by atoms with E-state index in [-0.39, 0.29) is 17.9 Å². The van der Waals surface area contributed by atoms with E-state index in [4.69, 9.17) is 26.3 Å². The zero-order valence-corrected chi connectivity index (χ0v) is 38.0. The first-order chi connectivity index (χ1) is 31.5. The molecule has 8 heterocycles. The number of aromatic nitrogens is 14. The zero-order valence-electron chi connectivity index (χ0n) is 37.2. The van der Waals surface area contributed by atoms with E-state index in [1.807, 2.05) is 20.8 Å². The van der Waals surface area contributed by atoms with Crippen molar-refractivity contribution >= 4 is 21.2 Å². The number of benzene rings is 1. The average Bonchev–Trinajstić information content (AvgIpc) is 3.93. The maximum Gasteiger partial charge on any atom is 0.295 e. The van der Waals surface area contributed by atoms with Gasteiger partial charge in [-0.15, -0.1) is 6.42 Å². The van der Waals surface area contributed by atoms with Gasteiger partial charge in [0.25, 0.3) is 15.7 Å². The molecule has 0 aliphatic heterocycles. The molecular weight excluding hydrogens is 879 g/mol. The number of methoxy groups -OCH3 is 2. The second kappa shape index (κ2) is 23.4. The van der Waals surface area contributed by atoms with Crippen molar-refractivity contribution in [2.75, 3.05) is 20.1 Å². The van der Waals surface area contributed by atoms with Gasteiger partial charge in [-0.25, -0.2) is 29.8 Å². The number of aromatic amines is 1. The van der Waals surface area contributed by atoms with Crippen LogP contribution in [0.25, 0.3) is 33.8 Å². The predicted octanol–water partition coefficient (Wildman–Crippen LogP) is 4.64. The van der Waals surface area contributed by atoms with Crippen LogP contribution in [0.3, 0.4) is 0 Å². The van der Waals surface area contributed by atoms with E-state index in [1.165, 1.54) is 4.68 Å². The SMILES string of the molecule is C.C#Cc1ncc(C)c(OC)n1.COc1nc(-c2cnn3ccncc23)ncc1C.Cc1cc(C)c(S(=O)(=O)O)c(C)c1.Cc1cnc(-c2cnn3ccncc23)[nH]c1=O.N[n+]1ccncc1. The van der Waals surface area contributed by atoms with Gasteiger partial charge in [0.05, 0.1) is 78.5 Å². The monoisotopic (exact) mass is 928 g/mol. The predicted molar refractivity (Wildman–Crippen MR) is 250 cm³/mol. The minimum absolute atomic E-state index is 0. The molecule has 0 aliphatic rings. The molecule has 21 nitrogen and oxygen atoms in total. The Balaban J connectivity index is 0.000000188. The Morgan fingerprint density at radius 3 is 1.73 bits per heavy atom. The fourth-order valence-electron chi connectivity index (χ4n) is 5.99. The maximum absolute atomic E-state index is 11.5. The first-order valence-corrected chi connectivity index (χ1v) is 20.9. The molecule has 8 aromatic heterocycles. The van der Waals surface area contributed by atoms with Crippen molar-refractivity contribution in [2.24, 2.45) is 0 Å². The molecule has 346 valence electrons. The van der Waals surface area contributed by atoms with E-state index in [1.54, 1.807) is 149 Å². The number of fused-ring (bicyclic) bond motifs is 2. The standard InChI is InChI=1S/C12H11N5O.C11H9N5O.C9H12O3S.C8H8N2O.C4H6N3.CH4/c1-8-5-14-11(16-12(8)18-2)9-6-15-17-4-3-13-7-10(9)17;1-7-4-13-10(15-11(7)17)8-5-14-16-3-2-12-6-9(8)16;1-6-4-7(2)9(8(3)5-6)13(10,11)12;1-4-7-9-5-6(2)8(10-7)11-3;5-7-3-1-6-2-4-7;/h3-7H,1-2H3;2-6H,1H3,(H,13,15,17);4-5H,1-3H3,(H,10,11,12);1,5H,2-3H3;1-4H,(H2,5,6);1H4/q;;;;+1;. The van der Waals surface area contributed by atoms with Crippen molar-refractivity contribution in [2.45, 2.75) is 53.9 Å². The summed E-state index contributed by atoms with van der Waals surface area (Å²) < 4.78 is 45.8. The van der Waals surface area contributed by atoms with E-state index in [0.29, 0.717) is 45.9 Å². The minimum Gasteiger partial charge on any atom is -0.481 e. The molecule has 9 rings (SSSR count). The number of hydrogen-bond acceptors (Lipinski definition) is 16. The van der Waals surface area contributed by atoms with E-state index in [2.05, 4.69) is 61.0 Å². The van der Waals surface area contributed by atoms with Crippen molar-refractivity contribution < 1.29 is 27.1 Å². The van der Waals surface area contributed by atoms with Crippen LogP contribution >= 0.6 is 0 Å². The number of nitrogens with two attached hydrogens (primary N) is 1. The maximum atomic E-state index is 11.5. The lowest BCUT2D eigenvalue weighted by atomic mass is 10.1. The number of hydrogen-bond donors (Lipinski definition) is 3. The molecule has 0 radical (unpaired) electrons. The second-order valence-corrected chi connectivity index (χ2v) is 15.3. The highest BCUT2D eigenvalue weighted by Gasteiger charge is 2.16. The number of terminal acetylenes is 1. The normalized spacial score (nSPS) is 10.3. The van der Waals surface area contributed by atoms with Crippen molar-refractivity contribution in [3.05, 3.63) is 155 Å². The summed E-state index contributed by atoms with van der Waals surface area (Å²) in [6, 6.07) is 3.46. The van der Waals surface area contributed by atoms with Gasteiger partial charge in [-0.3, -0.25) is 24.3 Å². The van der Waals surface area contributed by atoms with E-state index in [0.717, 1.165) is 38.9 Å². The summed E-state index contributed by atoms with van der Waals surface area (Å²) in [5.41, 5.74) is 7.64. The molecule has 0 amide bonds. The first kappa shape index (κ1) is 51.1. The molecule has 0 saturated heterocycles. The lowest BCUT2D eigenvalue weighted by Crippen LogP contribution is -2.43. The van der Waals surface area contributed by atoms with Gasteiger partial charge in [0.15, 0.2) is 5.82 Å². The van der Waals surface area contributed by atoms with Gasteiger partial charge in [-0.2, -0.15) is 28.6 Å². The van der Waals surface area contributed by atoms with E-state index >= 15 is 0 Å². The van der Waals surface area contributed by atoms with Gasteiger partial charge in [0.1, 0.15) is 5.82 Å². The Bertz CT molecular complexity index is 3270. The number of aryl methyl sites for hydroxylation is 6. The molecule has 22 heteroatoms. The Morgan fingerprint density at radius 2 is 1.22 bits per heavy atom. The first-order valence-electron chi connectivity index (χ1n) is 19.5. The summed E-state index contributed by atoms with van der Waals surface area (Å²) in [5, 5.41) is 8.39. The van der Waals surface area contributed by atoms with Gasteiger partial charge in [-0.05, 0) is 58.6 Å². The summed E-state index contributed by atoms with van der Waals surface area (Å²) in [6.45, 7) is 10.7. The largest absolute Gasteiger partial charge is 0.481 e. The van der Waals surface area contributed by atoms with Crippen LogP contribution in [-0.2, 0) is 10.1 Å². The summed E-state index contributed by atoms with van der Waals surface area (Å²) in [4.78, 5) is 46.8. The van der Waals surface area contributed by atoms with Crippen LogP contribution in [0, 0.1) is 53.9 Å². The number of ether oxygens (including phenoxy) is 2. The van der Waals surface area contributed by atoms with Crippen LogP contribution in [0.4, 0.5) is 0 Å². The topological polar surface area (TPSA) is 273 Å². The Kier molecular flexibility index (Phi) is 17.8. The molecular formula is C45H50N15O6S+. The second-order valence-electron chi connectivity index (χ2n) is 14.0. The molecule has 4 N–H and O–H groups in total. The molecule has 0 aliphatic carbocycles. The van der Waals surface area contributed by atoms with E-state index < -0.39 is 10.1 Å². The van der Waals surface area contributed by atoms with Gasteiger partial charge >= 0.3 is 0 Å². The Labute approximate surface area is 386 Å². The molecule has 9 aromatic rings. The summed E-state index contributed by atoms with van der Waals surface area (Å²) in [5.74, 6) is 10.1. The zero-order chi connectivity index (χ0) is 48.0. The van der Waals surface area contributed by atoms with Crippen LogP contribution in [-0.4, -0.2) is 91.3 Å². The van der Waals surface area contributed by atoms with Crippen molar-refractivity contribution in [1.82, 2.24) is 64.1 Å². The fourth-order valence-corrected chi connectivity index (χ4v) is 6.92. The highest BCUT2D eigenvalue weighted by Crippen LogP contribution is 2.24. The molecule has 0 unspecified atom stereocenters. The molecule has 1 aromatic carbocycles. The number of rotatable bonds is 5. The molecule has 67 heavy (non-hydrogen) atoms. The summed E-state index contributed by atoms with van der Waals surface area (Å²) in [7, 11) is -0.936. The average molecular weight is 929 g/mol. The molecule has 0 atom stereocenters. The minimum atomic E-state index is -4.08. The highest BCUT2D eigenvalue weighted by atomic mass is 32.2. The number of H-pyrrole nitrogens is 1. The summed E-state index contributed by atoms with van der Waals surface area (Å²) >= 11 is 0. The van der Waals surface area contributed by atoms with Gasteiger partial charge in [-0.1, -0.05) is 29.8 Å². The lowest BCUT2D eigenvalue weighted by molar-refractivity contribution is -0.639. The third-order valence-electron chi connectivity index (χ3n) is 9.00. The third-order valence-corrected chi connectivity index (χ3v) is 10.2. The highest BCUT2D eigenvalue weighted by molar-refractivity contribution is 7.86. The van der Waals surface area contributed by atoms with Crippen LogP contribution in [0.5, 0.6) is 11.8 Å². The third kappa shape index (κ3) is 13.5. The van der Waals surface area contributed by atoms with E-state index in [9.17, 15) is 13.2 Å². The van der Waals surface area contributed by atoms with Gasteiger partial charge in [0.2, 0.25) is 30.0 Å². The fraction of sp³-hybridized carbons (Fsp3) is 0.200. The van der Waals surface area contributed by atoms with Crippen LogP contribution < -0.4 is 25.6 Å². The van der Waals surface area contributed by atoms with Crippen LogP contribution in [0.1, 0.15) is 46.6 Å². The smallest absolute Gasteiger partial charge is 0.295 e.